The van der Waals surface area contributed by atoms with Gasteiger partial charge in [-0.2, -0.15) is 0 Å². The Morgan fingerprint density at radius 2 is 1.07 bits per heavy atom. The van der Waals surface area contributed by atoms with Gasteiger partial charge in [-0.1, -0.05) is 71.9 Å². The second-order valence-corrected chi connectivity index (χ2v) is 21.4. The minimum atomic E-state index is -1.81. The molecule has 0 saturated carbocycles. The minimum Gasteiger partial charge on any atom is -0.481 e. The zero-order valence-corrected chi connectivity index (χ0v) is 47.1. The van der Waals surface area contributed by atoms with Crippen molar-refractivity contribution in [1.29, 1.82) is 0 Å². The average Bonchev–Trinajstić information content (AvgIpc) is 3.91. The fourth-order valence-electron chi connectivity index (χ4n) is 8.82. The molecule has 1 saturated heterocycles. The molecule has 0 bridgehead atoms. The van der Waals surface area contributed by atoms with Crippen LogP contribution in [0.1, 0.15) is 131 Å². The molecule has 0 spiro atoms. The van der Waals surface area contributed by atoms with Crippen LogP contribution in [-0.4, -0.2) is 172 Å². The predicted octanol–water partition coefficient (Wildman–Crippen LogP) is -1.36. The third-order valence-corrected chi connectivity index (χ3v) is 12.9. The monoisotopic (exact) mass is 1140 g/mol. The van der Waals surface area contributed by atoms with Gasteiger partial charge in [0.05, 0.1) is 25.0 Å². The van der Waals surface area contributed by atoms with Crippen LogP contribution in [0.4, 0.5) is 0 Å². The normalized spacial score (nSPS) is 16.0. The predicted molar refractivity (Wildman–Crippen MR) is 292 cm³/mol. The molecule has 1 aromatic carbocycles. The summed E-state index contributed by atoms with van der Waals surface area (Å²) >= 11 is 0. The molecule has 451 valence electrons. The molecular formula is C54H84N11O16. The van der Waals surface area contributed by atoms with E-state index < -0.39 is 158 Å². The number of hydrogen-bond donors (Lipinski definition) is 13. The first-order chi connectivity index (χ1) is 38.1. The Morgan fingerprint density at radius 3 is 1.60 bits per heavy atom. The highest BCUT2D eigenvalue weighted by molar-refractivity contribution is 5.98. The molecule has 1 radical (unpaired) electrons. The number of unbranched alkanes of at least 4 members (excludes halogenated alkanes) is 1. The van der Waals surface area contributed by atoms with Crippen molar-refractivity contribution in [2.75, 3.05) is 19.6 Å². The van der Waals surface area contributed by atoms with E-state index in [0.717, 1.165) is 4.90 Å². The molecule has 9 amide bonds. The lowest BCUT2D eigenvalue weighted by Crippen LogP contribution is -2.60. The van der Waals surface area contributed by atoms with Crippen LogP contribution in [0.5, 0.6) is 0 Å². The second kappa shape index (κ2) is 35.9. The van der Waals surface area contributed by atoms with Crippen LogP contribution in [0.15, 0.2) is 30.3 Å². The molecule has 1 heterocycles. The molecule has 1 aliphatic rings. The lowest BCUT2D eigenvalue weighted by molar-refractivity contribution is -0.142. The molecular weight excluding hydrogens is 1060 g/mol. The van der Waals surface area contributed by atoms with E-state index in [4.69, 9.17) is 16.6 Å². The minimum absolute atomic E-state index is 0.0119. The van der Waals surface area contributed by atoms with E-state index in [1.165, 1.54) is 0 Å². The fraction of sp³-hybridized carbons (Fsp3) is 0.648. The highest BCUT2D eigenvalue weighted by Crippen LogP contribution is 2.19. The maximum atomic E-state index is 14.4. The van der Waals surface area contributed by atoms with Crippen molar-refractivity contribution in [3.63, 3.8) is 0 Å². The van der Waals surface area contributed by atoms with E-state index in [2.05, 4.69) is 42.5 Å². The fourth-order valence-corrected chi connectivity index (χ4v) is 8.82. The third-order valence-electron chi connectivity index (χ3n) is 12.9. The number of carbonyl (C=O) groups excluding carboxylic acids is 10. The van der Waals surface area contributed by atoms with Crippen LogP contribution in [0.3, 0.4) is 0 Å². The van der Waals surface area contributed by atoms with Gasteiger partial charge in [0, 0.05) is 25.8 Å². The van der Waals surface area contributed by atoms with Gasteiger partial charge in [-0.25, -0.2) is 0 Å². The van der Waals surface area contributed by atoms with Gasteiger partial charge in [-0.15, -0.1) is 0 Å². The summed E-state index contributed by atoms with van der Waals surface area (Å²) in [5.41, 5.74) is 12.3. The maximum Gasteiger partial charge on any atom is 0.305 e. The quantitative estimate of drug-likeness (QED) is 0.0340. The van der Waals surface area contributed by atoms with Crippen molar-refractivity contribution in [3.05, 3.63) is 35.9 Å². The van der Waals surface area contributed by atoms with Crippen molar-refractivity contribution in [2.45, 2.75) is 186 Å². The summed E-state index contributed by atoms with van der Waals surface area (Å²) in [5, 5.41) is 48.1. The Morgan fingerprint density at radius 1 is 0.580 bits per heavy atom. The molecule has 1 aromatic rings. The number of amides is 9. The van der Waals surface area contributed by atoms with Crippen LogP contribution >= 0.6 is 0 Å². The number of nitrogens with zero attached hydrogens (tertiary/aromatic N) is 1. The number of hydrogen-bond acceptors (Lipinski definition) is 15. The summed E-state index contributed by atoms with van der Waals surface area (Å²) < 4.78 is 0. The number of carboxylic acids is 3. The van der Waals surface area contributed by atoms with E-state index in [1.54, 1.807) is 78.2 Å². The molecule has 27 heteroatoms. The Labute approximate surface area is 471 Å². The molecule has 0 aliphatic carbocycles. The van der Waals surface area contributed by atoms with E-state index in [9.17, 15) is 72.5 Å². The lowest BCUT2D eigenvalue weighted by Gasteiger charge is -2.29. The molecule has 0 aromatic heterocycles. The van der Waals surface area contributed by atoms with Gasteiger partial charge in [-0.05, 0) is 94.1 Å². The summed E-state index contributed by atoms with van der Waals surface area (Å²) in [7, 11) is 0. The summed E-state index contributed by atoms with van der Waals surface area (Å²) in [6.07, 6.45) is 0.518. The van der Waals surface area contributed by atoms with Gasteiger partial charge >= 0.3 is 17.9 Å². The SMILES string of the molecule is CC(C)C[C@H](NC(=O)[C@H](CC(C)C)NC(=O)[C@H](Cc1ccccc1)NC(=O)[C@H](CCCCN)NC(=O)[C@@H]1CCCN1C(=O)CNC(=O)[C@H](CC(=O)O)NC(=O)[C@H](CCC(=O)O)NC(=O)[C@@H](N)CC(C)C)C(=O)N[C@H]([C]=O)CCC(=O)O. The first-order valence-corrected chi connectivity index (χ1v) is 27.4. The zero-order chi connectivity index (χ0) is 60.9. The van der Waals surface area contributed by atoms with Crippen molar-refractivity contribution < 1.29 is 77.6 Å². The number of carboxylic acid groups (broad SMARTS) is 3. The molecule has 2 rings (SSSR count). The Kier molecular flexibility index (Phi) is 30.9. The number of aliphatic carboxylic acids is 3. The lowest BCUT2D eigenvalue weighted by atomic mass is 9.98. The number of benzene rings is 1. The number of nitrogens with two attached hydrogens (primary N) is 2. The van der Waals surface area contributed by atoms with Crippen molar-refractivity contribution in [3.8, 4) is 0 Å². The number of likely N-dealkylation sites (tertiary alicyclic amines) is 1. The summed E-state index contributed by atoms with van der Waals surface area (Å²) in [4.78, 5) is 171. The number of nitrogens with one attached hydrogen (secondary N) is 8. The van der Waals surface area contributed by atoms with Crippen LogP contribution in [0.25, 0.3) is 0 Å². The molecule has 1 fully saturated rings. The van der Waals surface area contributed by atoms with Crippen molar-refractivity contribution >= 4 is 77.4 Å². The van der Waals surface area contributed by atoms with Crippen LogP contribution in [0.2, 0.25) is 0 Å². The van der Waals surface area contributed by atoms with E-state index in [0.29, 0.717) is 24.8 Å². The Bertz CT molecular complexity index is 2320. The number of rotatable bonds is 38. The first-order valence-electron chi connectivity index (χ1n) is 27.4. The van der Waals surface area contributed by atoms with E-state index >= 15 is 0 Å². The molecule has 15 N–H and O–H groups in total. The van der Waals surface area contributed by atoms with Crippen molar-refractivity contribution in [2.24, 2.45) is 29.2 Å². The standard InChI is InChI=1S/C54H84N11O16/c1-30(2)23-35(56)47(74)59-37(18-20-45(70)71)50(77)64-41(27-46(72)73)48(75)57-28-43(67)65-22-12-16-42(65)54(81)60-36(15-10-11-21-55)49(76)63-40(26-33-13-8-7-9-14-33)53(80)62-39(25-32(5)6)52(79)61-38(24-31(3)4)51(78)58-34(29-66)17-19-44(68)69/h7-9,13-14,30-32,34-42H,10-12,15-28,55-56H2,1-6H3,(H,57,75)(H,58,78)(H,59,74)(H,60,81)(H,61,79)(H,62,80)(H,63,76)(H,64,77)(H,68,69)(H,70,71)(H,72,73)/t34-,35-,36-,37-,38-,39-,40-,41-,42-/m0/s1. The number of carbonyl (C=O) groups is 12. The molecule has 27 nitrogen and oxygen atoms in total. The van der Waals surface area contributed by atoms with Crippen LogP contribution < -0.4 is 54.0 Å². The van der Waals surface area contributed by atoms with E-state index in [1.807, 2.05) is 0 Å². The maximum absolute atomic E-state index is 14.4. The molecule has 81 heavy (non-hydrogen) atoms. The average molecular weight is 1140 g/mol. The van der Waals surface area contributed by atoms with Gasteiger partial charge in [0.1, 0.15) is 42.3 Å². The first kappa shape index (κ1) is 69.6. The third kappa shape index (κ3) is 26.5. The molecule has 0 unspecified atom stereocenters. The highest BCUT2D eigenvalue weighted by Gasteiger charge is 2.38. The largest absolute Gasteiger partial charge is 0.481 e. The van der Waals surface area contributed by atoms with Gasteiger partial charge in [0.2, 0.25) is 59.5 Å². The van der Waals surface area contributed by atoms with Gasteiger partial charge < -0.3 is 74.2 Å². The van der Waals surface area contributed by atoms with Crippen LogP contribution in [0, 0.1) is 17.8 Å². The molecule has 9 atom stereocenters. The smallest absolute Gasteiger partial charge is 0.305 e. The molecule has 1 aliphatic heterocycles. The summed E-state index contributed by atoms with van der Waals surface area (Å²) in [6, 6.07) is -3.34. The summed E-state index contributed by atoms with van der Waals surface area (Å²) in [5.74, 6) is -12.0. The second-order valence-electron chi connectivity index (χ2n) is 21.4. The van der Waals surface area contributed by atoms with Crippen molar-refractivity contribution in [1.82, 2.24) is 47.4 Å². The highest BCUT2D eigenvalue weighted by atomic mass is 16.4. The van der Waals surface area contributed by atoms with Gasteiger partial charge in [0.25, 0.3) is 0 Å². The van der Waals surface area contributed by atoms with Gasteiger partial charge in [0.15, 0.2) is 0 Å². The van der Waals surface area contributed by atoms with Gasteiger partial charge in [-0.3, -0.25) is 62.3 Å². The topological polar surface area (TPSA) is 434 Å². The van der Waals surface area contributed by atoms with Crippen LogP contribution in [-0.2, 0) is 68.7 Å². The van der Waals surface area contributed by atoms with E-state index in [-0.39, 0.29) is 75.8 Å². The summed E-state index contributed by atoms with van der Waals surface area (Å²) in [6.45, 7) is 10.3. The Hall–Kier alpha value is -7.55. The zero-order valence-electron chi connectivity index (χ0n) is 47.1. The Balaban J connectivity index is 2.35.